The number of piperazine rings is 1. The molecule has 0 radical (unpaired) electrons. The molecule has 32 heavy (non-hydrogen) atoms. The molecule has 3 aromatic rings. The second-order valence-electron chi connectivity index (χ2n) is 9.08. The van der Waals surface area contributed by atoms with E-state index in [1.165, 1.54) is 5.69 Å². The van der Waals surface area contributed by atoms with Crippen LogP contribution in [0.5, 0.6) is 0 Å². The molecule has 7 heteroatoms. The van der Waals surface area contributed by atoms with E-state index < -0.39 is 6.04 Å². The molecule has 1 aromatic heterocycles. The zero-order valence-electron chi connectivity index (χ0n) is 18.6. The van der Waals surface area contributed by atoms with Crippen LogP contribution in [-0.4, -0.2) is 41.6 Å². The minimum absolute atomic E-state index is 0.0511. The van der Waals surface area contributed by atoms with Crippen molar-refractivity contribution < 1.29 is 4.79 Å². The van der Waals surface area contributed by atoms with Gasteiger partial charge in [0.25, 0.3) is 11.5 Å². The summed E-state index contributed by atoms with van der Waals surface area (Å²) < 4.78 is 1.61. The van der Waals surface area contributed by atoms with Crippen molar-refractivity contribution in [3.05, 3.63) is 64.4 Å². The third-order valence-electron chi connectivity index (χ3n) is 6.35. The lowest BCUT2D eigenvalue weighted by atomic mass is 10.0. The van der Waals surface area contributed by atoms with Gasteiger partial charge in [0.2, 0.25) is 5.95 Å². The summed E-state index contributed by atoms with van der Waals surface area (Å²) in [5, 5.41) is 3.93. The number of aromatic nitrogens is 2. The van der Waals surface area contributed by atoms with Gasteiger partial charge in [0.15, 0.2) is 0 Å². The summed E-state index contributed by atoms with van der Waals surface area (Å²) in [6.07, 6.45) is 0.615. The molecule has 1 unspecified atom stereocenters. The Morgan fingerprint density at radius 2 is 1.75 bits per heavy atom. The van der Waals surface area contributed by atoms with E-state index >= 15 is 0 Å². The van der Waals surface area contributed by atoms with E-state index in [1.54, 1.807) is 15.5 Å². The predicted molar refractivity (Wildman–Crippen MR) is 127 cm³/mol. The number of carbonyl (C=O) groups is 1. The number of anilines is 2. The molecule has 0 spiro atoms. The van der Waals surface area contributed by atoms with Crippen LogP contribution in [0.3, 0.4) is 0 Å². The fourth-order valence-corrected chi connectivity index (χ4v) is 4.71. The fraction of sp³-hybridized carbons (Fsp3) is 0.400. The molecule has 1 atom stereocenters. The molecule has 2 aliphatic heterocycles. The molecule has 0 aliphatic carbocycles. The first kappa shape index (κ1) is 20.7. The molecule has 0 saturated carbocycles. The SMILES string of the molecule is CC(C)CC1C(=O)N(Cc2ccc(N3CCNCC3)cc2)c2nc3ccccc3c(=O)n21. The summed E-state index contributed by atoms with van der Waals surface area (Å²) in [6.45, 7) is 8.52. The van der Waals surface area contributed by atoms with Gasteiger partial charge in [-0.05, 0) is 42.2 Å². The molecule has 1 saturated heterocycles. The second-order valence-corrected chi connectivity index (χ2v) is 9.08. The predicted octanol–water partition coefficient (Wildman–Crippen LogP) is 2.94. The van der Waals surface area contributed by atoms with E-state index in [1.807, 2.05) is 18.2 Å². The molecular formula is C25H29N5O2. The van der Waals surface area contributed by atoms with Crippen LogP contribution in [0.15, 0.2) is 53.3 Å². The standard InChI is InChI=1S/C25H29N5O2/c1-17(2)15-22-24(32)29(25-27-21-6-4-3-5-20(21)23(31)30(22)25)16-18-7-9-19(10-8-18)28-13-11-26-12-14-28/h3-10,17,22,26H,11-16H2,1-2H3. The zero-order chi connectivity index (χ0) is 22.2. The number of hydrogen-bond acceptors (Lipinski definition) is 5. The van der Waals surface area contributed by atoms with Crippen LogP contribution in [0.2, 0.25) is 0 Å². The fourth-order valence-electron chi connectivity index (χ4n) is 4.71. The van der Waals surface area contributed by atoms with E-state index in [9.17, 15) is 9.59 Å². The van der Waals surface area contributed by atoms with Gasteiger partial charge in [-0.2, -0.15) is 0 Å². The van der Waals surface area contributed by atoms with Crippen LogP contribution in [0.25, 0.3) is 10.9 Å². The molecule has 2 aromatic carbocycles. The van der Waals surface area contributed by atoms with Gasteiger partial charge in [-0.1, -0.05) is 38.1 Å². The van der Waals surface area contributed by atoms with Gasteiger partial charge in [0.05, 0.1) is 17.4 Å². The minimum Gasteiger partial charge on any atom is -0.369 e. The summed E-state index contributed by atoms with van der Waals surface area (Å²) in [7, 11) is 0. The maximum Gasteiger partial charge on any atom is 0.263 e. The van der Waals surface area contributed by atoms with Gasteiger partial charge in [-0.15, -0.1) is 0 Å². The molecule has 7 nitrogen and oxygen atoms in total. The van der Waals surface area contributed by atoms with Gasteiger partial charge in [0, 0.05) is 31.9 Å². The topological polar surface area (TPSA) is 70.5 Å². The monoisotopic (exact) mass is 431 g/mol. The van der Waals surface area contributed by atoms with Crippen LogP contribution in [0.4, 0.5) is 11.6 Å². The van der Waals surface area contributed by atoms with Crippen molar-refractivity contribution in [2.75, 3.05) is 36.0 Å². The van der Waals surface area contributed by atoms with Crippen molar-refractivity contribution in [2.45, 2.75) is 32.9 Å². The molecule has 1 N–H and O–H groups in total. The van der Waals surface area contributed by atoms with E-state index in [4.69, 9.17) is 4.98 Å². The summed E-state index contributed by atoms with van der Waals surface area (Å²) in [5.74, 6) is 0.689. The maximum absolute atomic E-state index is 13.5. The molecule has 1 amide bonds. The number of rotatable bonds is 5. The molecule has 1 fully saturated rings. The van der Waals surface area contributed by atoms with Crippen LogP contribution >= 0.6 is 0 Å². The highest BCUT2D eigenvalue weighted by Crippen LogP contribution is 2.33. The number of carbonyl (C=O) groups excluding carboxylic acids is 1. The highest BCUT2D eigenvalue weighted by Gasteiger charge is 2.39. The van der Waals surface area contributed by atoms with Crippen molar-refractivity contribution in [1.82, 2.24) is 14.9 Å². The first-order valence-corrected chi connectivity index (χ1v) is 11.4. The van der Waals surface area contributed by atoms with Gasteiger partial charge in [-0.3, -0.25) is 19.1 Å². The van der Waals surface area contributed by atoms with Crippen LogP contribution in [0, 0.1) is 5.92 Å². The zero-order valence-corrected chi connectivity index (χ0v) is 18.6. The first-order valence-electron chi connectivity index (χ1n) is 11.4. The second kappa shape index (κ2) is 8.39. The normalized spacial score (nSPS) is 18.6. The van der Waals surface area contributed by atoms with Crippen molar-refractivity contribution in [2.24, 2.45) is 5.92 Å². The first-order chi connectivity index (χ1) is 15.5. The van der Waals surface area contributed by atoms with E-state index in [0.29, 0.717) is 29.8 Å². The van der Waals surface area contributed by atoms with E-state index in [-0.39, 0.29) is 17.4 Å². The summed E-state index contributed by atoms with van der Waals surface area (Å²) in [4.78, 5) is 35.6. The summed E-state index contributed by atoms with van der Waals surface area (Å²) in [5.41, 5.74) is 2.71. The summed E-state index contributed by atoms with van der Waals surface area (Å²) >= 11 is 0. The lowest BCUT2D eigenvalue weighted by molar-refractivity contribution is -0.120. The van der Waals surface area contributed by atoms with Crippen molar-refractivity contribution in [3.63, 3.8) is 0 Å². The molecular weight excluding hydrogens is 402 g/mol. The van der Waals surface area contributed by atoms with Gasteiger partial charge < -0.3 is 10.2 Å². The highest BCUT2D eigenvalue weighted by molar-refractivity contribution is 5.99. The average Bonchev–Trinajstić information content (AvgIpc) is 3.06. The number of hydrogen-bond donors (Lipinski definition) is 1. The lowest BCUT2D eigenvalue weighted by Crippen LogP contribution is -2.43. The van der Waals surface area contributed by atoms with Crippen molar-refractivity contribution in [1.29, 1.82) is 0 Å². The van der Waals surface area contributed by atoms with Crippen LogP contribution in [-0.2, 0) is 11.3 Å². The summed E-state index contributed by atoms with van der Waals surface area (Å²) in [6, 6.07) is 15.2. The Bertz CT molecular complexity index is 1200. The number of benzene rings is 2. The Morgan fingerprint density at radius 3 is 2.47 bits per heavy atom. The van der Waals surface area contributed by atoms with Gasteiger partial charge in [0.1, 0.15) is 6.04 Å². The number of nitrogens with zero attached hydrogens (tertiary/aromatic N) is 4. The number of nitrogens with one attached hydrogen (secondary N) is 1. The Balaban J connectivity index is 1.49. The number of para-hydroxylation sites is 1. The third kappa shape index (κ3) is 3.66. The van der Waals surface area contributed by atoms with E-state index in [2.05, 4.69) is 48.3 Å². The molecule has 2 aliphatic rings. The van der Waals surface area contributed by atoms with Gasteiger partial charge in [-0.25, -0.2) is 4.98 Å². The Morgan fingerprint density at radius 1 is 1.03 bits per heavy atom. The van der Waals surface area contributed by atoms with Crippen molar-refractivity contribution >= 4 is 28.4 Å². The molecule has 0 bridgehead atoms. The van der Waals surface area contributed by atoms with Crippen molar-refractivity contribution in [3.8, 4) is 0 Å². The van der Waals surface area contributed by atoms with Gasteiger partial charge >= 0.3 is 0 Å². The molecule has 166 valence electrons. The number of fused-ring (bicyclic) bond motifs is 2. The highest BCUT2D eigenvalue weighted by atomic mass is 16.2. The maximum atomic E-state index is 13.5. The molecule has 5 rings (SSSR count). The minimum atomic E-state index is -0.505. The third-order valence-corrected chi connectivity index (χ3v) is 6.35. The Hall–Kier alpha value is -3.19. The van der Waals surface area contributed by atoms with E-state index in [0.717, 1.165) is 31.7 Å². The quantitative estimate of drug-likeness (QED) is 0.673. The largest absolute Gasteiger partial charge is 0.369 e. The average molecular weight is 432 g/mol. The lowest BCUT2D eigenvalue weighted by Gasteiger charge is -2.29. The molecule has 3 heterocycles. The Labute approximate surface area is 187 Å². The number of amides is 1. The van der Waals surface area contributed by atoms with Crippen LogP contribution < -0.4 is 20.7 Å². The Kier molecular flexibility index (Phi) is 5.43. The van der Waals surface area contributed by atoms with Crippen LogP contribution in [0.1, 0.15) is 31.9 Å². The smallest absolute Gasteiger partial charge is 0.263 e.